The fraction of sp³-hybridized carbons (Fsp3) is 0.650. The third-order valence-corrected chi connectivity index (χ3v) is 5.98. The number of hydrogen-bond acceptors (Lipinski definition) is 3. The molecule has 5 heteroatoms. The first-order valence-corrected chi connectivity index (χ1v) is 10.1. The average molecular weight is 364 g/mol. The summed E-state index contributed by atoms with van der Waals surface area (Å²) >= 11 is 6.27. The number of nitrogens with zero attached hydrogens (tertiary/aromatic N) is 2. The number of likely N-dealkylation sites (tertiary alicyclic amines) is 2. The second-order valence-corrected chi connectivity index (χ2v) is 7.70. The molecule has 1 aromatic rings. The molecule has 0 aromatic heterocycles. The number of benzene rings is 1. The number of halogens is 1. The quantitative estimate of drug-likeness (QED) is 0.871. The van der Waals surface area contributed by atoms with Crippen LogP contribution in [0.1, 0.15) is 44.6 Å². The Hall–Kier alpha value is -1.10. The Morgan fingerprint density at radius 3 is 2.64 bits per heavy atom. The smallest absolute Gasteiger partial charge is 0.237 e. The van der Waals surface area contributed by atoms with Gasteiger partial charge in [0.2, 0.25) is 5.91 Å². The summed E-state index contributed by atoms with van der Waals surface area (Å²) in [5.74, 6) is 0.242. The minimum Gasteiger partial charge on any atom is -0.352 e. The van der Waals surface area contributed by atoms with E-state index in [0.717, 1.165) is 57.0 Å². The molecule has 4 nitrogen and oxygen atoms in total. The third-order valence-electron chi connectivity index (χ3n) is 5.61. The molecular weight excluding hydrogens is 334 g/mol. The Kier molecular flexibility index (Phi) is 6.74. The van der Waals surface area contributed by atoms with Crippen molar-refractivity contribution in [3.8, 4) is 0 Å². The first kappa shape index (κ1) is 18.7. The van der Waals surface area contributed by atoms with Crippen molar-refractivity contribution in [3.63, 3.8) is 0 Å². The molecule has 0 bridgehead atoms. The lowest BCUT2D eigenvalue weighted by Gasteiger charge is -2.37. The van der Waals surface area contributed by atoms with Gasteiger partial charge >= 0.3 is 0 Å². The number of carbonyl (C=O) groups is 1. The van der Waals surface area contributed by atoms with Crippen molar-refractivity contribution in [2.75, 3.05) is 26.2 Å². The fourth-order valence-corrected chi connectivity index (χ4v) is 4.26. The molecule has 1 amide bonds. The van der Waals surface area contributed by atoms with Crippen LogP contribution >= 0.6 is 11.6 Å². The molecule has 2 fully saturated rings. The van der Waals surface area contributed by atoms with E-state index in [-0.39, 0.29) is 11.9 Å². The van der Waals surface area contributed by atoms with Crippen LogP contribution in [0.15, 0.2) is 24.3 Å². The highest BCUT2D eigenvalue weighted by atomic mass is 35.5. The standard InChI is InChI=1S/C20H30ClN3O/c1-2-24-12-6-5-9-19(24)20(25)22-17-10-13-23(14-11-17)15-16-7-3-4-8-18(16)21/h3-4,7-8,17,19H,2,5-6,9-15H2,1H3,(H,22,25)/t19-/m0/s1. The van der Waals surface area contributed by atoms with Gasteiger partial charge in [-0.3, -0.25) is 14.6 Å². The van der Waals surface area contributed by atoms with Crippen molar-refractivity contribution in [1.82, 2.24) is 15.1 Å². The van der Waals surface area contributed by atoms with Gasteiger partial charge in [-0.2, -0.15) is 0 Å². The predicted molar refractivity (Wildman–Crippen MR) is 103 cm³/mol. The van der Waals surface area contributed by atoms with Crippen LogP contribution in [0.25, 0.3) is 0 Å². The Morgan fingerprint density at radius 1 is 1.16 bits per heavy atom. The molecule has 2 aliphatic rings. The van der Waals surface area contributed by atoms with Crippen LogP contribution in [-0.4, -0.2) is 54.0 Å². The van der Waals surface area contributed by atoms with Crippen molar-refractivity contribution in [2.45, 2.75) is 57.7 Å². The first-order valence-electron chi connectivity index (χ1n) is 9.67. The van der Waals surface area contributed by atoms with E-state index in [9.17, 15) is 4.79 Å². The molecule has 25 heavy (non-hydrogen) atoms. The van der Waals surface area contributed by atoms with Crippen LogP contribution in [0.5, 0.6) is 0 Å². The zero-order valence-corrected chi connectivity index (χ0v) is 16.0. The maximum absolute atomic E-state index is 12.7. The summed E-state index contributed by atoms with van der Waals surface area (Å²) in [5.41, 5.74) is 1.19. The van der Waals surface area contributed by atoms with Gasteiger partial charge in [0.1, 0.15) is 0 Å². The molecule has 3 rings (SSSR count). The number of likely N-dealkylation sites (N-methyl/N-ethyl adjacent to an activating group) is 1. The SMILES string of the molecule is CCN1CCCC[C@H]1C(=O)NC1CCN(Cc2ccccc2Cl)CC1. The molecular formula is C20H30ClN3O. The predicted octanol–water partition coefficient (Wildman–Crippen LogP) is 3.30. The second kappa shape index (κ2) is 9.02. The molecule has 0 spiro atoms. The molecule has 1 atom stereocenters. The molecule has 0 radical (unpaired) electrons. The van der Waals surface area contributed by atoms with Crippen LogP contribution in [0.3, 0.4) is 0 Å². The van der Waals surface area contributed by atoms with Crippen LogP contribution in [-0.2, 0) is 11.3 Å². The number of piperidine rings is 2. The zero-order chi connectivity index (χ0) is 17.6. The Bertz CT molecular complexity index is 572. The van der Waals surface area contributed by atoms with Gasteiger partial charge < -0.3 is 5.32 Å². The summed E-state index contributed by atoms with van der Waals surface area (Å²) in [6.07, 6.45) is 5.44. The van der Waals surface area contributed by atoms with Crippen LogP contribution in [0.2, 0.25) is 5.02 Å². The minimum atomic E-state index is 0.0832. The monoisotopic (exact) mass is 363 g/mol. The van der Waals surface area contributed by atoms with E-state index in [2.05, 4.69) is 28.1 Å². The van der Waals surface area contributed by atoms with Crippen molar-refractivity contribution in [1.29, 1.82) is 0 Å². The van der Waals surface area contributed by atoms with Crippen LogP contribution in [0.4, 0.5) is 0 Å². The largest absolute Gasteiger partial charge is 0.352 e. The van der Waals surface area contributed by atoms with E-state index >= 15 is 0 Å². The molecule has 0 saturated carbocycles. The van der Waals surface area contributed by atoms with E-state index in [1.54, 1.807) is 0 Å². The number of carbonyl (C=O) groups excluding carboxylic acids is 1. The summed E-state index contributed by atoms with van der Waals surface area (Å²) in [6, 6.07) is 8.46. The molecule has 2 aliphatic heterocycles. The van der Waals surface area contributed by atoms with E-state index in [4.69, 9.17) is 11.6 Å². The van der Waals surface area contributed by atoms with Gasteiger partial charge in [-0.1, -0.05) is 43.1 Å². The van der Waals surface area contributed by atoms with Gasteiger partial charge in [0.25, 0.3) is 0 Å². The molecule has 1 N–H and O–H groups in total. The van der Waals surface area contributed by atoms with Crippen LogP contribution < -0.4 is 5.32 Å². The maximum atomic E-state index is 12.7. The Labute approximate surface area is 156 Å². The van der Waals surface area contributed by atoms with Crippen molar-refractivity contribution < 1.29 is 4.79 Å². The summed E-state index contributed by atoms with van der Waals surface area (Å²) in [4.78, 5) is 17.4. The molecule has 0 unspecified atom stereocenters. The number of rotatable bonds is 5. The molecule has 0 aliphatic carbocycles. The lowest BCUT2D eigenvalue weighted by atomic mass is 9.99. The van der Waals surface area contributed by atoms with Crippen LogP contribution in [0, 0.1) is 0 Å². The van der Waals surface area contributed by atoms with Gasteiger partial charge in [0.05, 0.1) is 6.04 Å². The number of nitrogens with one attached hydrogen (secondary N) is 1. The lowest BCUT2D eigenvalue weighted by Crippen LogP contribution is -2.53. The van der Waals surface area contributed by atoms with Gasteiger partial charge in [-0.15, -0.1) is 0 Å². The highest BCUT2D eigenvalue weighted by Gasteiger charge is 2.29. The van der Waals surface area contributed by atoms with Crippen molar-refractivity contribution in [3.05, 3.63) is 34.9 Å². The van der Waals surface area contributed by atoms with E-state index in [1.165, 1.54) is 18.4 Å². The minimum absolute atomic E-state index is 0.0832. The van der Waals surface area contributed by atoms with E-state index in [0.29, 0.717) is 6.04 Å². The first-order chi connectivity index (χ1) is 12.2. The average Bonchev–Trinajstić information content (AvgIpc) is 2.65. The van der Waals surface area contributed by atoms with Gasteiger partial charge in [0.15, 0.2) is 0 Å². The summed E-state index contributed by atoms with van der Waals surface area (Å²) in [6.45, 7) is 7.10. The van der Waals surface area contributed by atoms with Crippen molar-refractivity contribution in [2.24, 2.45) is 0 Å². The number of hydrogen-bond donors (Lipinski definition) is 1. The molecule has 1 aromatic carbocycles. The maximum Gasteiger partial charge on any atom is 0.237 e. The molecule has 138 valence electrons. The van der Waals surface area contributed by atoms with Gasteiger partial charge in [-0.25, -0.2) is 0 Å². The van der Waals surface area contributed by atoms with E-state index in [1.807, 2.05) is 18.2 Å². The van der Waals surface area contributed by atoms with Crippen molar-refractivity contribution >= 4 is 17.5 Å². The highest BCUT2D eigenvalue weighted by Crippen LogP contribution is 2.21. The topological polar surface area (TPSA) is 35.6 Å². The van der Waals surface area contributed by atoms with E-state index < -0.39 is 0 Å². The third kappa shape index (κ3) is 4.96. The molecule has 2 heterocycles. The summed E-state index contributed by atoms with van der Waals surface area (Å²) in [5, 5.41) is 4.16. The molecule has 2 saturated heterocycles. The zero-order valence-electron chi connectivity index (χ0n) is 15.2. The summed E-state index contributed by atoms with van der Waals surface area (Å²) < 4.78 is 0. The Morgan fingerprint density at radius 2 is 1.92 bits per heavy atom. The highest BCUT2D eigenvalue weighted by molar-refractivity contribution is 6.31. The lowest BCUT2D eigenvalue weighted by molar-refractivity contribution is -0.128. The summed E-state index contributed by atoms with van der Waals surface area (Å²) in [7, 11) is 0. The Balaban J connectivity index is 1.46. The van der Waals surface area contributed by atoms with Gasteiger partial charge in [-0.05, 0) is 50.4 Å². The van der Waals surface area contributed by atoms with Gasteiger partial charge in [0, 0.05) is 30.7 Å². The number of amides is 1. The second-order valence-electron chi connectivity index (χ2n) is 7.29. The fourth-order valence-electron chi connectivity index (χ4n) is 4.07. The normalized spacial score (nSPS) is 23.5.